The normalized spacial score (nSPS) is 54.9. The lowest BCUT2D eigenvalue weighted by atomic mass is 9.47. The Labute approximate surface area is 430 Å². The zero-order valence-electron chi connectivity index (χ0n) is 42.9. The van der Waals surface area contributed by atoms with Crippen LogP contribution in [0.15, 0.2) is 11.6 Å². The molecule has 3 unspecified atom stereocenters. The lowest BCUT2D eigenvalue weighted by Crippen LogP contribution is -2.67. The highest BCUT2D eigenvalue weighted by Gasteiger charge is 2.68. The van der Waals surface area contributed by atoms with Crippen molar-refractivity contribution in [1.29, 1.82) is 0 Å². The molecule has 0 aromatic carbocycles. The third-order valence-corrected chi connectivity index (χ3v) is 19.5. The molecule has 5 heterocycles. The molecule has 3 saturated carbocycles. The van der Waals surface area contributed by atoms with Crippen LogP contribution < -0.4 is 0 Å². The van der Waals surface area contributed by atoms with Crippen molar-refractivity contribution in [3.05, 3.63) is 11.6 Å². The highest BCUT2D eigenvalue weighted by molar-refractivity contribution is 5.26. The van der Waals surface area contributed by atoms with Crippen LogP contribution in [0.5, 0.6) is 0 Å². The molecule has 426 valence electrons. The van der Waals surface area contributed by atoms with E-state index in [0.29, 0.717) is 43.4 Å². The number of aliphatic hydroxyl groups excluding tert-OH is 13. The molecule has 0 spiro atoms. The van der Waals surface area contributed by atoms with Gasteiger partial charge in [0.2, 0.25) is 0 Å². The first-order chi connectivity index (χ1) is 35.0. The van der Waals surface area contributed by atoms with Gasteiger partial charge in [0, 0.05) is 12.3 Å². The summed E-state index contributed by atoms with van der Waals surface area (Å²) in [6.07, 6.45) is -22.1. The monoisotopic (exact) mass is 1060 g/mol. The lowest BCUT2D eigenvalue weighted by Gasteiger charge is -2.58. The second-order valence-electron chi connectivity index (χ2n) is 23.8. The maximum Gasteiger partial charge on any atom is 0.187 e. The van der Waals surface area contributed by atoms with Crippen LogP contribution in [0.25, 0.3) is 0 Å². The van der Waals surface area contributed by atoms with Crippen molar-refractivity contribution in [3.8, 4) is 0 Å². The van der Waals surface area contributed by atoms with E-state index >= 15 is 0 Å². The van der Waals surface area contributed by atoms with Gasteiger partial charge in [-0.1, -0.05) is 39.3 Å². The Bertz CT molecular complexity index is 1920. The Kier molecular flexibility index (Phi) is 17.4. The van der Waals surface area contributed by atoms with Crippen LogP contribution in [0.4, 0.5) is 0 Å². The van der Waals surface area contributed by atoms with Crippen LogP contribution in [-0.2, 0) is 42.6 Å². The molecular formula is C51H84O23. The minimum absolute atomic E-state index is 0.0705. The van der Waals surface area contributed by atoms with E-state index in [2.05, 4.69) is 26.8 Å². The fraction of sp³-hybridized carbons (Fsp3) is 0.961. The Morgan fingerprint density at radius 3 is 1.86 bits per heavy atom. The summed E-state index contributed by atoms with van der Waals surface area (Å²) in [4.78, 5) is 0. The van der Waals surface area contributed by atoms with E-state index in [1.807, 2.05) is 6.92 Å². The minimum Gasteiger partial charge on any atom is -0.394 e. The van der Waals surface area contributed by atoms with Gasteiger partial charge >= 0.3 is 0 Å². The number of aliphatic hydroxyl groups is 14. The first kappa shape index (κ1) is 57.5. The van der Waals surface area contributed by atoms with Crippen molar-refractivity contribution in [2.45, 2.75) is 233 Å². The topological polar surface area (TPSA) is 366 Å². The molecule has 5 saturated heterocycles. The van der Waals surface area contributed by atoms with Crippen LogP contribution in [0.1, 0.15) is 92.4 Å². The molecular weight excluding hydrogens is 981 g/mol. The van der Waals surface area contributed by atoms with Crippen molar-refractivity contribution < 1.29 is 114 Å². The Hall–Kier alpha value is -1.18. The summed E-state index contributed by atoms with van der Waals surface area (Å²) in [6, 6.07) is 0. The molecule has 9 aliphatic rings. The largest absolute Gasteiger partial charge is 0.394 e. The molecule has 74 heavy (non-hydrogen) atoms. The number of hydrogen-bond acceptors (Lipinski definition) is 23. The standard InChI is InChI=1S/C51H84O23/c1-20(19-66-45-39(61)37(59)34(56)29(16-52)69-45)8-13-51(65)21(2)32-28(74-51)15-27-25-7-6-23-14-24(9-11-49(23,4)26(25)10-12-50(27,32)5)68-48-44(73-46-40(62)36(58)33(55)22(3)67-46)42(64)43(31(18-54)71-48)72-47-41(63)38(60)35(57)30(17-53)70-47/h6,20-22,24-48,52-65H,7-19H2,1-5H3/t20?,21-,22-,24-,25+,26-,27-,28?,29+,30+,31+,32-,33-,34+,35+,36+,37-,38-,39+,40+,41+,42-,43+,44+,45+,46-,47-,48+,49-,50-,51?/m0/s1. The maximum atomic E-state index is 12.1. The van der Waals surface area contributed by atoms with Gasteiger partial charge in [0.15, 0.2) is 30.9 Å². The average molecular weight is 1070 g/mol. The summed E-state index contributed by atoms with van der Waals surface area (Å²) in [5.41, 5.74) is 1.02. The number of hydrogen-bond donors (Lipinski definition) is 14. The van der Waals surface area contributed by atoms with Crippen LogP contribution in [0, 0.1) is 46.3 Å². The quantitative estimate of drug-likeness (QED) is 0.0727. The lowest BCUT2D eigenvalue weighted by molar-refractivity contribution is -0.389. The van der Waals surface area contributed by atoms with E-state index in [9.17, 15) is 71.5 Å². The average Bonchev–Trinajstić information content (AvgIpc) is 3.82. The summed E-state index contributed by atoms with van der Waals surface area (Å²) in [7, 11) is 0. The molecule has 0 bridgehead atoms. The Morgan fingerprint density at radius 2 is 1.22 bits per heavy atom. The second-order valence-corrected chi connectivity index (χ2v) is 23.8. The predicted molar refractivity (Wildman–Crippen MR) is 250 cm³/mol. The zero-order chi connectivity index (χ0) is 53.5. The number of rotatable bonds is 15. The minimum atomic E-state index is -1.85. The molecule has 5 aliphatic heterocycles. The molecule has 0 radical (unpaired) electrons. The first-order valence-corrected chi connectivity index (χ1v) is 26.9. The third kappa shape index (κ3) is 10.2. The van der Waals surface area contributed by atoms with Crippen LogP contribution in [0.2, 0.25) is 0 Å². The van der Waals surface area contributed by atoms with E-state index in [-0.39, 0.29) is 41.3 Å². The molecule has 31 atom stereocenters. The van der Waals surface area contributed by atoms with Gasteiger partial charge in [0.05, 0.1) is 44.7 Å². The first-order valence-electron chi connectivity index (χ1n) is 26.9. The van der Waals surface area contributed by atoms with Gasteiger partial charge in [-0.05, 0) is 98.7 Å². The van der Waals surface area contributed by atoms with Gasteiger partial charge in [-0.3, -0.25) is 0 Å². The van der Waals surface area contributed by atoms with Gasteiger partial charge < -0.3 is 114 Å². The van der Waals surface area contributed by atoms with E-state index in [1.54, 1.807) is 0 Å². The zero-order valence-corrected chi connectivity index (χ0v) is 42.9. The summed E-state index contributed by atoms with van der Waals surface area (Å²) >= 11 is 0. The fourth-order valence-electron chi connectivity index (χ4n) is 15.0. The third-order valence-electron chi connectivity index (χ3n) is 19.5. The number of ether oxygens (including phenoxy) is 9. The molecule has 4 aliphatic carbocycles. The van der Waals surface area contributed by atoms with Crippen molar-refractivity contribution in [2.24, 2.45) is 46.3 Å². The van der Waals surface area contributed by atoms with E-state index in [4.69, 9.17) is 42.6 Å². The van der Waals surface area contributed by atoms with Gasteiger partial charge in [0.1, 0.15) is 91.6 Å². The second kappa shape index (κ2) is 22.4. The van der Waals surface area contributed by atoms with Crippen LogP contribution >= 0.6 is 0 Å². The van der Waals surface area contributed by atoms with Gasteiger partial charge in [-0.2, -0.15) is 0 Å². The smallest absolute Gasteiger partial charge is 0.187 e. The molecule has 23 heteroatoms. The van der Waals surface area contributed by atoms with Crippen LogP contribution in [-0.4, -0.2) is 239 Å². The predicted octanol–water partition coefficient (Wildman–Crippen LogP) is -3.01. The summed E-state index contributed by atoms with van der Waals surface area (Å²) in [6.45, 7) is 8.35. The van der Waals surface area contributed by atoms with Crippen molar-refractivity contribution in [2.75, 3.05) is 26.4 Å². The fourth-order valence-corrected chi connectivity index (χ4v) is 15.0. The molecule has 23 nitrogen and oxygen atoms in total. The number of fused-ring (bicyclic) bond motifs is 7. The Morgan fingerprint density at radius 1 is 0.635 bits per heavy atom. The number of allylic oxidation sites excluding steroid dienone is 1. The Balaban J connectivity index is 0.849. The summed E-state index contributed by atoms with van der Waals surface area (Å²) in [5, 5.41) is 148. The van der Waals surface area contributed by atoms with Gasteiger partial charge in [-0.15, -0.1) is 0 Å². The van der Waals surface area contributed by atoms with Gasteiger partial charge in [0.25, 0.3) is 0 Å². The van der Waals surface area contributed by atoms with Gasteiger partial charge in [-0.25, -0.2) is 0 Å². The summed E-state index contributed by atoms with van der Waals surface area (Å²) in [5.74, 6) is -0.310. The maximum absolute atomic E-state index is 12.1. The molecule has 0 amide bonds. The van der Waals surface area contributed by atoms with E-state index in [1.165, 1.54) is 12.5 Å². The summed E-state index contributed by atoms with van der Waals surface area (Å²) < 4.78 is 54.4. The highest BCUT2D eigenvalue weighted by atomic mass is 16.8. The van der Waals surface area contributed by atoms with E-state index < -0.39 is 155 Å². The molecule has 14 N–H and O–H groups in total. The van der Waals surface area contributed by atoms with Crippen molar-refractivity contribution >= 4 is 0 Å². The highest BCUT2D eigenvalue weighted by Crippen LogP contribution is 2.70. The molecule has 0 aromatic rings. The van der Waals surface area contributed by atoms with E-state index in [0.717, 1.165) is 32.1 Å². The molecule has 0 aromatic heterocycles. The van der Waals surface area contributed by atoms with Crippen molar-refractivity contribution in [3.63, 3.8) is 0 Å². The molecule has 8 fully saturated rings. The molecule has 9 rings (SSSR count). The SMILES string of the molecule is CC(CCC1(O)OC2C[C@H]3[C@@H]4CC=C5C[C@@H](O[C@@H]6O[C@H](CO)[C@@H](O[C@@H]7O[C@H](CO)[C@@H](O)[C@H](O)[C@H]7O)[C@H](O)[C@H]6O[C@@H]6O[C@@H](C)[C@H](O)[C@@H](O)[C@H]6O)CC[C@]5(C)[C@H]4CC[C@]3(C)[C@H]2[C@@H]1C)CO[C@@H]1O[C@H](CO)[C@@H](O)[C@H](O)[C@H]1O. The van der Waals surface area contributed by atoms with Crippen molar-refractivity contribution in [1.82, 2.24) is 0 Å². The van der Waals surface area contributed by atoms with Crippen LogP contribution in [0.3, 0.4) is 0 Å².